The van der Waals surface area contributed by atoms with Crippen molar-refractivity contribution in [3.8, 4) is 0 Å². The Balaban J connectivity index is 1.98. The molecule has 0 aliphatic heterocycles. The number of benzene rings is 1. The van der Waals surface area contributed by atoms with Crippen molar-refractivity contribution in [2.75, 3.05) is 0 Å². The Hall–Kier alpha value is 0.723. The number of hydrogen-bond acceptors (Lipinski definition) is 0. The Kier molecular flexibility index (Phi) is 8.34. The molecule has 1 aromatic rings. The van der Waals surface area contributed by atoms with Crippen molar-refractivity contribution in [2.24, 2.45) is 0 Å². The maximum atomic E-state index is 7.82. The fourth-order valence-electron chi connectivity index (χ4n) is 6.56. The van der Waals surface area contributed by atoms with Crippen LogP contribution in [-0.4, -0.2) is 21.6 Å². The zero-order valence-electron chi connectivity index (χ0n) is 17.9. The van der Waals surface area contributed by atoms with Gasteiger partial charge in [0.1, 0.15) is 0 Å². The molecular weight excluding hydrogens is 503 g/mol. The van der Waals surface area contributed by atoms with Crippen molar-refractivity contribution in [3.05, 3.63) is 35.9 Å². The third-order valence-electron chi connectivity index (χ3n) is 7.78. The molecule has 1 aromatic carbocycles. The summed E-state index contributed by atoms with van der Waals surface area (Å²) in [6.45, 7) is 0. The SMILES string of the molecule is [Cl][Ru]([Cl])(=[CH]c1ccccc1)=[P](C1CCCCC1)(C1CCCCC1)C1CCCCC1. The van der Waals surface area contributed by atoms with Crippen LogP contribution in [0, 0.1) is 0 Å². The van der Waals surface area contributed by atoms with Gasteiger partial charge in [0.15, 0.2) is 0 Å². The number of hydrogen-bond donors (Lipinski definition) is 0. The van der Waals surface area contributed by atoms with E-state index in [1.165, 1.54) is 102 Å². The molecule has 0 saturated heterocycles. The summed E-state index contributed by atoms with van der Waals surface area (Å²) in [6.07, 6.45) is 21.3. The van der Waals surface area contributed by atoms with E-state index in [1.54, 1.807) is 0 Å². The van der Waals surface area contributed by atoms with Gasteiger partial charge in [-0.15, -0.1) is 0 Å². The van der Waals surface area contributed by atoms with E-state index >= 15 is 0 Å². The fourth-order valence-corrected chi connectivity index (χ4v) is 38.9. The first-order chi connectivity index (χ1) is 14.1. The van der Waals surface area contributed by atoms with Crippen molar-refractivity contribution in [1.82, 2.24) is 0 Å². The Labute approximate surface area is 188 Å². The molecule has 0 spiro atoms. The van der Waals surface area contributed by atoms with Gasteiger partial charge in [0.05, 0.1) is 0 Å². The van der Waals surface area contributed by atoms with Crippen LogP contribution in [0.1, 0.15) is 102 Å². The second-order valence-corrected chi connectivity index (χ2v) is 30.7. The molecule has 3 aliphatic rings. The average Bonchev–Trinajstić information content (AvgIpc) is 2.77. The van der Waals surface area contributed by atoms with E-state index in [0.717, 1.165) is 17.0 Å². The van der Waals surface area contributed by atoms with Crippen LogP contribution in [0.2, 0.25) is 0 Å². The van der Waals surface area contributed by atoms with Crippen molar-refractivity contribution < 1.29 is 11.4 Å². The van der Waals surface area contributed by atoms with Crippen molar-refractivity contribution >= 4 is 29.1 Å². The zero-order chi connectivity index (χ0) is 20.2. The van der Waals surface area contributed by atoms with Gasteiger partial charge in [-0.1, -0.05) is 0 Å². The third-order valence-corrected chi connectivity index (χ3v) is 34.4. The van der Waals surface area contributed by atoms with Crippen LogP contribution in [0.3, 0.4) is 0 Å². The summed E-state index contributed by atoms with van der Waals surface area (Å²) >= 11 is -2.98. The first kappa shape index (κ1) is 22.9. The van der Waals surface area contributed by atoms with E-state index < -0.39 is 16.5 Å². The van der Waals surface area contributed by atoms with E-state index in [1.807, 2.05) is 0 Å². The summed E-state index contributed by atoms with van der Waals surface area (Å²) in [5.41, 5.74) is 3.88. The van der Waals surface area contributed by atoms with Crippen LogP contribution in [0.15, 0.2) is 30.3 Å². The van der Waals surface area contributed by atoms with Gasteiger partial charge in [0.2, 0.25) is 0 Å². The fraction of sp³-hybridized carbons (Fsp3) is 0.720. The molecule has 0 unspecified atom stereocenters. The molecular formula is C25H39Cl2PRu. The van der Waals surface area contributed by atoms with Crippen molar-refractivity contribution in [1.29, 1.82) is 0 Å². The molecule has 3 fully saturated rings. The first-order valence-corrected chi connectivity index (χ1v) is 21.7. The molecule has 0 bridgehead atoms. The molecule has 3 aliphatic carbocycles. The van der Waals surface area contributed by atoms with Gasteiger partial charge >= 0.3 is 190 Å². The van der Waals surface area contributed by atoms with Gasteiger partial charge in [-0.3, -0.25) is 0 Å². The zero-order valence-corrected chi connectivity index (χ0v) is 22.0. The first-order valence-electron chi connectivity index (χ1n) is 12.1. The quantitative estimate of drug-likeness (QED) is 0.263. The molecule has 4 heteroatoms. The Morgan fingerprint density at radius 2 is 1.00 bits per heavy atom. The van der Waals surface area contributed by atoms with Gasteiger partial charge in [-0.05, 0) is 0 Å². The average molecular weight is 543 g/mol. The molecule has 29 heavy (non-hydrogen) atoms. The summed E-state index contributed by atoms with van der Waals surface area (Å²) < 4.78 is 2.46. The summed E-state index contributed by atoms with van der Waals surface area (Å²) in [7, 11) is 15.6. The van der Waals surface area contributed by atoms with Crippen molar-refractivity contribution in [2.45, 2.75) is 113 Å². The van der Waals surface area contributed by atoms with E-state index in [2.05, 4.69) is 34.9 Å². The second kappa shape index (κ2) is 10.6. The van der Waals surface area contributed by atoms with E-state index in [9.17, 15) is 0 Å². The van der Waals surface area contributed by atoms with Crippen LogP contribution in [0.4, 0.5) is 0 Å². The Morgan fingerprint density at radius 3 is 1.38 bits per heavy atom. The van der Waals surface area contributed by atoms with Gasteiger partial charge in [0, 0.05) is 0 Å². The van der Waals surface area contributed by atoms with Crippen LogP contribution >= 0.6 is 24.5 Å². The molecule has 0 N–H and O–H groups in total. The van der Waals surface area contributed by atoms with Gasteiger partial charge in [-0.25, -0.2) is 0 Å². The molecule has 0 aromatic heterocycles. The summed E-state index contributed by atoms with van der Waals surface area (Å²) in [6, 6.07) is 10.9. The maximum absolute atomic E-state index is 7.82. The van der Waals surface area contributed by atoms with Gasteiger partial charge < -0.3 is 0 Å². The Bertz CT molecular complexity index is 731. The second-order valence-electron chi connectivity index (χ2n) is 9.52. The van der Waals surface area contributed by atoms with E-state index in [-0.39, 0.29) is 0 Å². The van der Waals surface area contributed by atoms with E-state index in [0.29, 0.717) is 0 Å². The summed E-state index contributed by atoms with van der Waals surface area (Å²) in [5, 5.41) is -1.45. The minimum absolute atomic E-state index is 0.865. The molecule has 0 atom stereocenters. The molecule has 0 heterocycles. The molecule has 0 amide bonds. The summed E-state index contributed by atoms with van der Waals surface area (Å²) in [4.78, 5) is 0. The normalized spacial score (nSPS) is 24.3. The van der Waals surface area contributed by atoms with Gasteiger partial charge in [-0.2, -0.15) is 0 Å². The molecule has 0 radical (unpaired) electrons. The molecule has 4 rings (SSSR count). The van der Waals surface area contributed by atoms with Crippen LogP contribution < -0.4 is 0 Å². The standard InChI is InChI=1S/C18H33P.C7H6.2ClH.Ru/c1-4-10-16(11-5-1)19(17-12-6-2-7-13-17)18-14-8-3-9-15-18;1-7-5-3-2-4-6-7;;;/h16-18H,1-15H2;1-6H;2*1H;/q;;;;+2/p-2. The Morgan fingerprint density at radius 1 is 0.621 bits per heavy atom. The van der Waals surface area contributed by atoms with Crippen molar-refractivity contribution in [3.63, 3.8) is 0 Å². The molecule has 0 nitrogen and oxygen atoms in total. The third kappa shape index (κ3) is 4.90. The topological polar surface area (TPSA) is 0 Å². The van der Waals surface area contributed by atoms with Crippen LogP contribution in [0.25, 0.3) is 0 Å². The predicted molar refractivity (Wildman–Crippen MR) is 131 cm³/mol. The van der Waals surface area contributed by atoms with E-state index in [4.69, 9.17) is 19.4 Å². The monoisotopic (exact) mass is 542 g/mol. The number of halogens is 2. The molecule has 166 valence electrons. The van der Waals surface area contributed by atoms with Crippen LogP contribution in [0.5, 0.6) is 0 Å². The minimum atomic E-state index is -2.98. The predicted octanol–water partition coefficient (Wildman–Crippen LogP) is 9.23. The van der Waals surface area contributed by atoms with Gasteiger partial charge in [0.25, 0.3) is 0 Å². The molecule has 3 saturated carbocycles. The summed E-state index contributed by atoms with van der Waals surface area (Å²) in [5.74, 6) is 0. The van der Waals surface area contributed by atoms with Crippen LogP contribution in [-0.2, 0) is 11.4 Å². The number of rotatable bonds is 4.